The van der Waals surface area contributed by atoms with Crippen LogP contribution in [0.3, 0.4) is 0 Å². The Kier molecular flexibility index (Phi) is 7.22. The number of rotatable bonds is 9. The Labute approximate surface area is 172 Å². The van der Waals surface area contributed by atoms with Crippen molar-refractivity contribution in [2.24, 2.45) is 0 Å². The van der Waals surface area contributed by atoms with E-state index in [1.54, 1.807) is 30.5 Å². The zero-order valence-electron chi connectivity index (χ0n) is 16.6. The number of aryl methyl sites for hydroxylation is 1. The lowest BCUT2D eigenvalue weighted by Gasteiger charge is -2.15. The van der Waals surface area contributed by atoms with E-state index in [1.807, 2.05) is 19.1 Å². The van der Waals surface area contributed by atoms with Crippen LogP contribution in [0.2, 0.25) is 0 Å². The SMILES string of the molecule is CCOc1ncccc1CNC(=O)CCc1ccc(S(=O)(=O)N2CCCC2)cc1. The third-order valence-electron chi connectivity index (χ3n) is 4.87. The first-order valence-corrected chi connectivity index (χ1v) is 11.4. The van der Waals surface area contributed by atoms with Gasteiger partial charge in [-0.05, 0) is 49.9 Å². The molecule has 0 spiro atoms. The monoisotopic (exact) mass is 417 g/mol. The average molecular weight is 418 g/mol. The molecule has 1 aliphatic rings. The number of sulfonamides is 1. The smallest absolute Gasteiger partial charge is 0.243 e. The molecule has 0 radical (unpaired) electrons. The van der Waals surface area contributed by atoms with Crippen LogP contribution >= 0.6 is 0 Å². The van der Waals surface area contributed by atoms with E-state index < -0.39 is 10.0 Å². The van der Waals surface area contributed by atoms with Crippen molar-refractivity contribution in [3.63, 3.8) is 0 Å². The summed E-state index contributed by atoms with van der Waals surface area (Å²) in [6.45, 7) is 3.94. The van der Waals surface area contributed by atoms with Gasteiger partial charge in [0.15, 0.2) is 0 Å². The fourth-order valence-corrected chi connectivity index (χ4v) is 4.79. The summed E-state index contributed by atoms with van der Waals surface area (Å²) in [5.41, 5.74) is 1.76. The van der Waals surface area contributed by atoms with E-state index in [0.29, 0.717) is 49.9 Å². The third kappa shape index (κ3) is 5.55. The molecule has 1 saturated heterocycles. The number of carbonyl (C=O) groups excluding carboxylic acids is 1. The molecule has 156 valence electrons. The number of pyridine rings is 1. The van der Waals surface area contributed by atoms with Crippen molar-refractivity contribution >= 4 is 15.9 Å². The maximum atomic E-state index is 12.6. The van der Waals surface area contributed by atoms with Crippen molar-refractivity contribution < 1.29 is 17.9 Å². The van der Waals surface area contributed by atoms with Crippen LogP contribution in [0, 0.1) is 0 Å². The molecule has 0 saturated carbocycles. The largest absolute Gasteiger partial charge is 0.478 e. The summed E-state index contributed by atoms with van der Waals surface area (Å²) in [4.78, 5) is 16.7. The molecule has 0 aliphatic carbocycles. The predicted octanol–water partition coefficient (Wildman–Crippen LogP) is 2.51. The van der Waals surface area contributed by atoms with Gasteiger partial charge < -0.3 is 10.1 Å². The van der Waals surface area contributed by atoms with Gasteiger partial charge in [-0.2, -0.15) is 4.31 Å². The summed E-state index contributed by atoms with van der Waals surface area (Å²) in [6.07, 6.45) is 4.35. The maximum absolute atomic E-state index is 12.6. The number of aromatic nitrogens is 1. The molecule has 1 fully saturated rings. The van der Waals surface area contributed by atoms with Crippen LogP contribution in [-0.4, -0.2) is 43.3 Å². The van der Waals surface area contributed by atoms with Crippen LogP contribution in [0.1, 0.15) is 37.3 Å². The molecule has 0 unspecified atom stereocenters. The first-order chi connectivity index (χ1) is 14.0. The molecule has 29 heavy (non-hydrogen) atoms. The first kappa shape index (κ1) is 21.3. The number of benzene rings is 1. The molecule has 1 N–H and O–H groups in total. The Bertz CT molecular complexity index is 923. The summed E-state index contributed by atoms with van der Waals surface area (Å²) in [7, 11) is -3.40. The van der Waals surface area contributed by atoms with Gasteiger partial charge in [-0.25, -0.2) is 13.4 Å². The fourth-order valence-electron chi connectivity index (χ4n) is 3.27. The van der Waals surface area contributed by atoms with E-state index in [4.69, 9.17) is 4.74 Å². The number of nitrogens with one attached hydrogen (secondary N) is 1. The second kappa shape index (κ2) is 9.84. The van der Waals surface area contributed by atoms with Crippen LogP contribution in [-0.2, 0) is 27.8 Å². The van der Waals surface area contributed by atoms with E-state index >= 15 is 0 Å². The molecule has 1 aromatic carbocycles. The Morgan fingerprint density at radius 1 is 1.17 bits per heavy atom. The van der Waals surface area contributed by atoms with Gasteiger partial charge in [0.05, 0.1) is 11.5 Å². The van der Waals surface area contributed by atoms with Gasteiger partial charge in [-0.1, -0.05) is 18.2 Å². The van der Waals surface area contributed by atoms with E-state index in [1.165, 1.54) is 4.31 Å². The van der Waals surface area contributed by atoms with Gasteiger partial charge in [0.2, 0.25) is 21.8 Å². The molecule has 2 aromatic rings. The Hall–Kier alpha value is -2.45. The minimum atomic E-state index is -3.40. The molecule has 1 aromatic heterocycles. The van der Waals surface area contributed by atoms with Gasteiger partial charge in [0.1, 0.15) is 0 Å². The number of carbonyl (C=O) groups is 1. The molecule has 1 aliphatic heterocycles. The van der Waals surface area contributed by atoms with E-state index in [2.05, 4.69) is 10.3 Å². The van der Waals surface area contributed by atoms with Crippen LogP contribution in [0.5, 0.6) is 5.88 Å². The molecular weight excluding hydrogens is 390 g/mol. The second-order valence-corrected chi connectivity index (χ2v) is 8.87. The Morgan fingerprint density at radius 2 is 1.90 bits per heavy atom. The van der Waals surface area contributed by atoms with Gasteiger partial charge >= 0.3 is 0 Å². The van der Waals surface area contributed by atoms with Crippen molar-refractivity contribution in [1.29, 1.82) is 0 Å². The summed E-state index contributed by atoms with van der Waals surface area (Å²) in [6, 6.07) is 10.5. The highest BCUT2D eigenvalue weighted by molar-refractivity contribution is 7.89. The van der Waals surface area contributed by atoms with Gasteiger partial charge in [0, 0.05) is 37.8 Å². The average Bonchev–Trinajstić information content (AvgIpc) is 3.28. The molecule has 1 amide bonds. The van der Waals surface area contributed by atoms with Crippen LogP contribution in [0.15, 0.2) is 47.5 Å². The molecule has 7 nitrogen and oxygen atoms in total. The molecule has 3 rings (SSSR count). The van der Waals surface area contributed by atoms with Crippen LogP contribution in [0.25, 0.3) is 0 Å². The molecular formula is C21H27N3O4S. The van der Waals surface area contributed by atoms with Crippen molar-refractivity contribution in [2.45, 2.75) is 44.0 Å². The number of ether oxygens (including phenoxy) is 1. The van der Waals surface area contributed by atoms with E-state index in [0.717, 1.165) is 24.0 Å². The van der Waals surface area contributed by atoms with Crippen molar-refractivity contribution in [2.75, 3.05) is 19.7 Å². The number of hydrogen-bond donors (Lipinski definition) is 1. The highest BCUT2D eigenvalue weighted by atomic mass is 32.2. The normalized spacial score (nSPS) is 14.7. The summed E-state index contributed by atoms with van der Waals surface area (Å²) in [5.74, 6) is 0.454. The standard InChI is InChI=1S/C21H27N3O4S/c1-2-28-21-18(6-5-13-22-21)16-23-20(25)12-9-17-7-10-19(11-8-17)29(26,27)24-14-3-4-15-24/h5-8,10-11,13H,2-4,9,12,14-16H2,1H3,(H,23,25). The number of amides is 1. The van der Waals surface area contributed by atoms with Crippen molar-refractivity contribution in [1.82, 2.24) is 14.6 Å². The highest BCUT2D eigenvalue weighted by Crippen LogP contribution is 2.21. The van der Waals surface area contributed by atoms with Gasteiger partial charge in [-0.15, -0.1) is 0 Å². The van der Waals surface area contributed by atoms with Crippen molar-refractivity contribution in [3.05, 3.63) is 53.7 Å². The van der Waals surface area contributed by atoms with E-state index in [-0.39, 0.29) is 5.91 Å². The zero-order chi connectivity index (χ0) is 20.7. The number of hydrogen-bond acceptors (Lipinski definition) is 5. The topological polar surface area (TPSA) is 88.6 Å². The van der Waals surface area contributed by atoms with Crippen LogP contribution < -0.4 is 10.1 Å². The second-order valence-electron chi connectivity index (χ2n) is 6.93. The predicted molar refractivity (Wildman–Crippen MR) is 110 cm³/mol. The Balaban J connectivity index is 1.50. The summed E-state index contributed by atoms with van der Waals surface area (Å²) >= 11 is 0. The quantitative estimate of drug-likeness (QED) is 0.677. The Morgan fingerprint density at radius 3 is 2.59 bits per heavy atom. The van der Waals surface area contributed by atoms with Gasteiger partial charge in [0.25, 0.3) is 0 Å². The lowest BCUT2D eigenvalue weighted by Crippen LogP contribution is -2.27. The van der Waals surface area contributed by atoms with Crippen LogP contribution in [0.4, 0.5) is 0 Å². The molecule has 8 heteroatoms. The first-order valence-electron chi connectivity index (χ1n) is 9.93. The maximum Gasteiger partial charge on any atom is 0.243 e. The molecule has 0 atom stereocenters. The zero-order valence-corrected chi connectivity index (χ0v) is 17.5. The minimum Gasteiger partial charge on any atom is -0.478 e. The lowest BCUT2D eigenvalue weighted by atomic mass is 10.1. The summed E-state index contributed by atoms with van der Waals surface area (Å²) < 4.78 is 32.1. The van der Waals surface area contributed by atoms with E-state index in [9.17, 15) is 13.2 Å². The minimum absolute atomic E-state index is 0.0786. The highest BCUT2D eigenvalue weighted by Gasteiger charge is 2.26. The fraction of sp³-hybridized carbons (Fsp3) is 0.429. The molecule has 2 heterocycles. The summed E-state index contributed by atoms with van der Waals surface area (Å²) in [5, 5.41) is 2.88. The molecule has 0 bridgehead atoms. The number of nitrogens with zero attached hydrogens (tertiary/aromatic N) is 2. The lowest BCUT2D eigenvalue weighted by molar-refractivity contribution is -0.121. The van der Waals surface area contributed by atoms with Crippen molar-refractivity contribution in [3.8, 4) is 5.88 Å². The van der Waals surface area contributed by atoms with Gasteiger partial charge in [-0.3, -0.25) is 4.79 Å². The third-order valence-corrected chi connectivity index (χ3v) is 6.79.